The molecule has 0 N–H and O–H groups in total. The number of hydrogen-bond donors (Lipinski definition) is 0. The van der Waals surface area contributed by atoms with Gasteiger partial charge in [0, 0.05) is 38.6 Å². The summed E-state index contributed by atoms with van der Waals surface area (Å²) in [5, 5.41) is 0. The summed E-state index contributed by atoms with van der Waals surface area (Å²) in [6.07, 6.45) is 7.01. The maximum atomic E-state index is 13.1. The summed E-state index contributed by atoms with van der Waals surface area (Å²) in [4.78, 5) is 21.8. The summed E-state index contributed by atoms with van der Waals surface area (Å²) < 4.78 is 5.83. The zero-order chi connectivity index (χ0) is 19.2. The Morgan fingerprint density at radius 1 is 1.04 bits per heavy atom. The first-order chi connectivity index (χ1) is 13.8. The molecular formula is C23H29N3O2. The molecule has 1 amide bonds. The molecule has 1 spiro atoms. The lowest BCUT2D eigenvalue weighted by Gasteiger charge is -2.51. The lowest BCUT2D eigenvalue weighted by molar-refractivity contribution is -0.153. The second kappa shape index (κ2) is 8.84. The van der Waals surface area contributed by atoms with Crippen molar-refractivity contribution >= 4 is 5.91 Å². The van der Waals surface area contributed by atoms with E-state index in [9.17, 15) is 4.79 Å². The lowest BCUT2D eigenvalue weighted by Crippen LogP contribution is -2.63. The maximum absolute atomic E-state index is 13.1. The number of nitrogens with zero attached hydrogens (tertiary/aromatic N) is 3. The van der Waals surface area contributed by atoms with E-state index in [0.717, 1.165) is 44.5 Å². The molecule has 2 aliphatic rings. The van der Waals surface area contributed by atoms with Gasteiger partial charge in [0.25, 0.3) is 0 Å². The second-order valence-corrected chi connectivity index (χ2v) is 7.94. The summed E-state index contributed by atoms with van der Waals surface area (Å²) in [7, 11) is 0. The van der Waals surface area contributed by atoms with Crippen molar-refractivity contribution in [2.75, 3.05) is 39.4 Å². The van der Waals surface area contributed by atoms with Gasteiger partial charge in [0.05, 0.1) is 25.2 Å². The molecule has 0 saturated carbocycles. The van der Waals surface area contributed by atoms with Crippen molar-refractivity contribution in [2.24, 2.45) is 0 Å². The van der Waals surface area contributed by atoms with E-state index < -0.39 is 0 Å². The van der Waals surface area contributed by atoms with Crippen LogP contribution in [0.15, 0.2) is 54.9 Å². The van der Waals surface area contributed by atoms with E-state index in [1.165, 1.54) is 5.56 Å². The highest BCUT2D eigenvalue weighted by molar-refractivity contribution is 5.79. The van der Waals surface area contributed by atoms with Crippen LogP contribution in [0.2, 0.25) is 0 Å². The predicted molar refractivity (Wildman–Crippen MR) is 109 cm³/mol. The van der Waals surface area contributed by atoms with E-state index >= 15 is 0 Å². The molecule has 28 heavy (non-hydrogen) atoms. The SMILES string of the molecule is O=C(Cc1cccnc1)N1CCOCC12CCN(CCc1ccccc1)CC2. The minimum Gasteiger partial charge on any atom is -0.377 e. The number of carbonyl (C=O) groups excluding carboxylic acids is 1. The first-order valence-corrected chi connectivity index (χ1v) is 10.3. The monoisotopic (exact) mass is 379 g/mol. The van der Waals surface area contributed by atoms with Gasteiger partial charge in [0.1, 0.15) is 0 Å². The summed E-state index contributed by atoms with van der Waals surface area (Å²) in [5.41, 5.74) is 2.23. The van der Waals surface area contributed by atoms with E-state index in [0.29, 0.717) is 26.2 Å². The van der Waals surface area contributed by atoms with Gasteiger partial charge in [-0.2, -0.15) is 0 Å². The summed E-state index contributed by atoms with van der Waals surface area (Å²) in [6, 6.07) is 14.5. The Kier molecular flexibility index (Phi) is 6.03. The number of morpholine rings is 1. The largest absolute Gasteiger partial charge is 0.377 e. The van der Waals surface area contributed by atoms with Gasteiger partial charge in [0.15, 0.2) is 0 Å². The first kappa shape index (κ1) is 19.1. The van der Waals surface area contributed by atoms with Crippen LogP contribution in [0.3, 0.4) is 0 Å². The van der Waals surface area contributed by atoms with Gasteiger partial charge in [-0.15, -0.1) is 0 Å². The molecule has 4 rings (SSSR count). The quantitative estimate of drug-likeness (QED) is 0.801. The fourth-order valence-electron chi connectivity index (χ4n) is 4.43. The molecule has 1 aromatic carbocycles. The van der Waals surface area contributed by atoms with Gasteiger partial charge >= 0.3 is 0 Å². The van der Waals surface area contributed by atoms with Gasteiger partial charge in [-0.05, 0) is 36.5 Å². The van der Waals surface area contributed by atoms with E-state index in [4.69, 9.17) is 4.74 Å². The third-order valence-electron chi connectivity index (χ3n) is 6.13. The fraction of sp³-hybridized carbons (Fsp3) is 0.478. The molecule has 0 bridgehead atoms. The highest BCUT2D eigenvalue weighted by Crippen LogP contribution is 2.32. The molecule has 0 radical (unpaired) electrons. The number of amides is 1. The highest BCUT2D eigenvalue weighted by atomic mass is 16.5. The molecule has 3 heterocycles. The molecule has 2 aromatic rings. The van der Waals surface area contributed by atoms with Gasteiger partial charge < -0.3 is 14.5 Å². The lowest BCUT2D eigenvalue weighted by atomic mass is 9.84. The van der Waals surface area contributed by atoms with Gasteiger partial charge in [-0.3, -0.25) is 9.78 Å². The van der Waals surface area contributed by atoms with Crippen LogP contribution in [0.4, 0.5) is 0 Å². The number of ether oxygens (including phenoxy) is 1. The van der Waals surface area contributed by atoms with Crippen LogP contribution >= 0.6 is 0 Å². The second-order valence-electron chi connectivity index (χ2n) is 7.94. The number of aromatic nitrogens is 1. The van der Waals surface area contributed by atoms with Crippen LogP contribution in [-0.2, 0) is 22.4 Å². The van der Waals surface area contributed by atoms with Crippen molar-refractivity contribution in [1.82, 2.24) is 14.8 Å². The Bertz CT molecular complexity index is 758. The van der Waals surface area contributed by atoms with Crippen LogP contribution in [0.5, 0.6) is 0 Å². The Balaban J connectivity index is 1.35. The van der Waals surface area contributed by atoms with Crippen molar-refractivity contribution in [2.45, 2.75) is 31.2 Å². The Labute approximate surface area is 167 Å². The summed E-state index contributed by atoms with van der Waals surface area (Å²) in [6.45, 7) is 5.12. The Morgan fingerprint density at radius 2 is 1.82 bits per heavy atom. The molecule has 5 nitrogen and oxygen atoms in total. The van der Waals surface area contributed by atoms with Crippen LogP contribution < -0.4 is 0 Å². The Hall–Kier alpha value is -2.24. The average molecular weight is 380 g/mol. The van der Waals surface area contributed by atoms with Crippen LogP contribution in [0.25, 0.3) is 0 Å². The van der Waals surface area contributed by atoms with E-state index in [2.05, 4.69) is 45.1 Å². The summed E-state index contributed by atoms with van der Waals surface area (Å²) in [5.74, 6) is 0.203. The number of carbonyl (C=O) groups is 1. The number of likely N-dealkylation sites (tertiary alicyclic amines) is 1. The molecular weight excluding hydrogens is 350 g/mol. The number of rotatable bonds is 5. The van der Waals surface area contributed by atoms with Crippen LogP contribution in [0.1, 0.15) is 24.0 Å². The highest BCUT2D eigenvalue weighted by Gasteiger charge is 2.44. The third-order valence-corrected chi connectivity index (χ3v) is 6.13. The van der Waals surface area contributed by atoms with Crippen molar-refractivity contribution < 1.29 is 9.53 Å². The minimum absolute atomic E-state index is 0.138. The van der Waals surface area contributed by atoms with E-state index in [1.54, 1.807) is 12.4 Å². The molecule has 2 fully saturated rings. The fourth-order valence-corrected chi connectivity index (χ4v) is 4.43. The molecule has 1 aromatic heterocycles. The van der Waals surface area contributed by atoms with Crippen LogP contribution in [-0.4, -0.2) is 65.6 Å². The van der Waals surface area contributed by atoms with Crippen molar-refractivity contribution in [3.05, 3.63) is 66.0 Å². The van der Waals surface area contributed by atoms with Crippen molar-refractivity contribution in [3.63, 3.8) is 0 Å². The van der Waals surface area contributed by atoms with Crippen molar-refractivity contribution in [3.8, 4) is 0 Å². The smallest absolute Gasteiger partial charge is 0.227 e. The third kappa shape index (κ3) is 4.42. The van der Waals surface area contributed by atoms with Crippen LogP contribution in [0, 0.1) is 0 Å². The average Bonchev–Trinajstić information content (AvgIpc) is 2.75. The van der Waals surface area contributed by atoms with Crippen molar-refractivity contribution in [1.29, 1.82) is 0 Å². The first-order valence-electron chi connectivity index (χ1n) is 10.3. The molecule has 0 unspecified atom stereocenters. The maximum Gasteiger partial charge on any atom is 0.227 e. The molecule has 148 valence electrons. The minimum atomic E-state index is -0.138. The zero-order valence-electron chi connectivity index (χ0n) is 16.4. The van der Waals surface area contributed by atoms with E-state index in [1.807, 2.05) is 12.1 Å². The molecule has 5 heteroatoms. The van der Waals surface area contributed by atoms with Gasteiger partial charge in [-0.1, -0.05) is 36.4 Å². The molecule has 2 saturated heterocycles. The van der Waals surface area contributed by atoms with E-state index in [-0.39, 0.29) is 11.4 Å². The Morgan fingerprint density at radius 3 is 2.57 bits per heavy atom. The zero-order valence-corrected chi connectivity index (χ0v) is 16.4. The topological polar surface area (TPSA) is 45.7 Å². The number of benzene rings is 1. The normalized spacial score (nSPS) is 19.6. The van der Waals surface area contributed by atoms with Gasteiger partial charge in [-0.25, -0.2) is 0 Å². The summed E-state index contributed by atoms with van der Waals surface area (Å²) >= 11 is 0. The molecule has 0 atom stereocenters. The number of piperidine rings is 1. The number of pyridine rings is 1. The predicted octanol–water partition coefficient (Wildman–Crippen LogP) is 2.56. The van der Waals surface area contributed by atoms with Gasteiger partial charge in [0.2, 0.25) is 5.91 Å². The number of hydrogen-bond acceptors (Lipinski definition) is 4. The standard InChI is InChI=1S/C23H29N3O2/c27-22(17-21-7-4-11-24-18-21)26-15-16-28-19-23(26)9-13-25(14-10-23)12-8-20-5-2-1-3-6-20/h1-7,11,18H,8-10,12-17,19H2. The molecule has 0 aliphatic carbocycles. The molecule has 2 aliphatic heterocycles.